The average Bonchev–Trinajstić information content (AvgIpc) is 2.51. The van der Waals surface area contributed by atoms with E-state index >= 15 is 0 Å². The van der Waals surface area contributed by atoms with E-state index in [0.717, 1.165) is 36.3 Å². The van der Waals surface area contributed by atoms with E-state index in [0.29, 0.717) is 6.04 Å². The van der Waals surface area contributed by atoms with Gasteiger partial charge in [0.1, 0.15) is 0 Å². The van der Waals surface area contributed by atoms with Gasteiger partial charge < -0.3 is 13.0 Å². The summed E-state index contributed by atoms with van der Waals surface area (Å²) in [5.41, 5.74) is 0. The molecule has 0 saturated carbocycles. The number of hydrogen-bond acceptors (Lipinski definition) is 3. The molecule has 0 aliphatic carbocycles. The summed E-state index contributed by atoms with van der Waals surface area (Å²) >= 11 is 0. The van der Waals surface area contributed by atoms with Crippen LogP contribution in [0.3, 0.4) is 0 Å². The Balaban J connectivity index is 5.36. The van der Waals surface area contributed by atoms with E-state index in [1.807, 2.05) is 0 Å². The van der Waals surface area contributed by atoms with Crippen molar-refractivity contribution in [3.63, 3.8) is 0 Å². The minimum Gasteiger partial charge on any atom is -0.415 e. The van der Waals surface area contributed by atoms with E-state index in [1.54, 1.807) is 6.08 Å². The topological polar surface area (TPSA) is 38.7 Å². The van der Waals surface area contributed by atoms with Crippen LogP contribution >= 0.6 is 0 Å². The second-order valence-electron chi connectivity index (χ2n) is 5.90. The molecule has 0 saturated heterocycles. The first kappa shape index (κ1) is 21.3. The Bertz CT molecular complexity index is 264. The van der Waals surface area contributed by atoms with Crippen LogP contribution in [0.15, 0.2) is 12.7 Å². The molecule has 0 spiro atoms. The molecular formula is C15H36O3Si3. The van der Waals surface area contributed by atoms with Gasteiger partial charge in [0.2, 0.25) is 0 Å². The van der Waals surface area contributed by atoms with Crippen molar-refractivity contribution in [3.8, 4) is 0 Å². The molecule has 0 fully saturated rings. The van der Waals surface area contributed by atoms with E-state index in [4.69, 9.17) is 8.23 Å². The molecular weight excluding hydrogens is 312 g/mol. The van der Waals surface area contributed by atoms with Crippen LogP contribution in [0.5, 0.6) is 0 Å². The lowest BCUT2D eigenvalue weighted by atomic mass is 10.8. The molecule has 21 heavy (non-hydrogen) atoms. The predicted molar refractivity (Wildman–Crippen MR) is 99.5 cm³/mol. The van der Waals surface area contributed by atoms with Crippen LogP contribution in [0.2, 0.25) is 42.3 Å². The van der Waals surface area contributed by atoms with Crippen molar-refractivity contribution < 1.29 is 13.0 Å². The zero-order chi connectivity index (χ0) is 16.6. The molecule has 1 N–H and O–H groups in total. The number of rotatable bonds is 12. The average molecular weight is 349 g/mol. The largest absolute Gasteiger partial charge is 0.481 e. The highest BCUT2D eigenvalue weighted by molar-refractivity contribution is 6.87. The fraction of sp³-hybridized carbons (Fsp3) is 0.867. The highest BCUT2D eigenvalue weighted by Crippen LogP contribution is 2.32. The van der Waals surface area contributed by atoms with Gasteiger partial charge in [-0.1, -0.05) is 47.6 Å². The van der Waals surface area contributed by atoms with Gasteiger partial charge in [-0.25, -0.2) is 0 Å². The first-order valence-electron chi connectivity index (χ1n) is 8.57. The van der Waals surface area contributed by atoms with Crippen molar-refractivity contribution in [2.24, 2.45) is 0 Å². The van der Waals surface area contributed by atoms with Crippen molar-refractivity contribution in [1.82, 2.24) is 0 Å². The standard InChI is InChI=1S/C15H36O3Si3/c1-8-15-21(16,17-19(9-2,10-3)11-4)18-20(12-5,13-6)14-7/h8,16H,1,9-15H2,2-7H3. The normalized spacial score (nSPS) is 13.5. The summed E-state index contributed by atoms with van der Waals surface area (Å²) in [4.78, 5) is 11.2. The highest BCUT2D eigenvalue weighted by Gasteiger charge is 2.48. The molecule has 0 atom stereocenters. The van der Waals surface area contributed by atoms with Crippen molar-refractivity contribution in [1.29, 1.82) is 0 Å². The maximum absolute atomic E-state index is 11.2. The first-order valence-corrected chi connectivity index (χ1v) is 15.6. The second-order valence-corrected chi connectivity index (χ2v) is 18.3. The molecule has 0 rings (SSSR count). The van der Waals surface area contributed by atoms with Gasteiger partial charge in [-0.05, 0) is 36.3 Å². The van der Waals surface area contributed by atoms with Gasteiger partial charge in [0.25, 0.3) is 0 Å². The lowest BCUT2D eigenvalue weighted by molar-refractivity contribution is 0.240. The van der Waals surface area contributed by atoms with E-state index in [1.165, 1.54) is 0 Å². The summed E-state index contributed by atoms with van der Waals surface area (Å²) in [6.07, 6.45) is 1.77. The van der Waals surface area contributed by atoms with Crippen molar-refractivity contribution >= 4 is 25.4 Å². The van der Waals surface area contributed by atoms with Crippen LogP contribution in [0.25, 0.3) is 0 Å². The Kier molecular flexibility index (Phi) is 9.54. The van der Waals surface area contributed by atoms with E-state index in [9.17, 15) is 4.80 Å². The van der Waals surface area contributed by atoms with Crippen LogP contribution in [0.4, 0.5) is 0 Å². The zero-order valence-corrected chi connectivity index (χ0v) is 18.0. The van der Waals surface area contributed by atoms with Crippen LogP contribution in [-0.4, -0.2) is 30.2 Å². The summed E-state index contributed by atoms with van der Waals surface area (Å²) in [5.74, 6) is 0. The number of allylic oxidation sites excluding steroid dienone is 1. The van der Waals surface area contributed by atoms with Crippen LogP contribution in [-0.2, 0) is 8.23 Å². The van der Waals surface area contributed by atoms with E-state index in [-0.39, 0.29) is 0 Å². The van der Waals surface area contributed by atoms with Crippen molar-refractivity contribution in [3.05, 3.63) is 12.7 Å². The molecule has 126 valence electrons. The second kappa shape index (κ2) is 9.42. The fourth-order valence-electron chi connectivity index (χ4n) is 2.90. The van der Waals surface area contributed by atoms with Crippen LogP contribution in [0, 0.1) is 0 Å². The Morgan fingerprint density at radius 2 is 1.05 bits per heavy atom. The summed E-state index contributed by atoms with van der Waals surface area (Å²) in [5, 5.41) is 0. The van der Waals surface area contributed by atoms with Crippen molar-refractivity contribution in [2.75, 3.05) is 0 Å². The molecule has 0 aliphatic heterocycles. The molecule has 0 aromatic rings. The van der Waals surface area contributed by atoms with Gasteiger partial charge in [-0.15, -0.1) is 6.58 Å². The molecule has 6 heteroatoms. The third-order valence-electron chi connectivity index (χ3n) is 5.02. The van der Waals surface area contributed by atoms with Gasteiger partial charge in [0.05, 0.1) is 0 Å². The molecule has 0 radical (unpaired) electrons. The quantitative estimate of drug-likeness (QED) is 0.391. The summed E-state index contributed by atoms with van der Waals surface area (Å²) in [6, 6.07) is 6.70. The lowest BCUT2D eigenvalue weighted by Crippen LogP contribution is -2.58. The fourth-order valence-corrected chi connectivity index (χ4v) is 16.3. The zero-order valence-electron chi connectivity index (χ0n) is 15.0. The Labute approximate surface area is 135 Å². The van der Waals surface area contributed by atoms with E-state index < -0.39 is 25.4 Å². The van der Waals surface area contributed by atoms with Gasteiger partial charge in [0, 0.05) is 6.04 Å². The lowest BCUT2D eigenvalue weighted by Gasteiger charge is -2.41. The Morgan fingerprint density at radius 1 is 0.762 bits per heavy atom. The molecule has 0 heterocycles. The van der Waals surface area contributed by atoms with Gasteiger partial charge >= 0.3 is 8.80 Å². The summed E-state index contributed by atoms with van der Waals surface area (Å²) < 4.78 is 12.9. The third kappa shape index (κ3) is 5.76. The molecule has 3 nitrogen and oxygen atoms in total. The van der Waals surface area contributed by atoms with Crippen LogP contribution in [0.1, 0.15) is 41.5 Å². The minimum absolute atomic E-state index is 0.483. The molecule has 0 bridgehead atoms. The SMILES string of the molecule is C=CC[Si](O)(O[Si](CC)(CC)CC)O[Si](CC)(CC)CC. The van der Waals surface area contributed by atoms with Gasteiger partial charge in [-0.2, -0.15) is 0 Å². The molecule has 0 aromatic heterocycles. The predicted octanol–water partition coefficient (Wildman–Crippen LogP) is 5.15. The summed E-state index contributed by atoms with van der Waals surface area (Å²) in [6.45, 7) is 16.9. The van der Waals surface area contributed by atoms with E-state index in [2.05, 4.69) is 48.1 Å². The first-order chi connectivity index (χ1) is 9.84. The molecule has 0 amide bonds. The third-order valence-corrected chi connectivity index (χ3v) is 19.6. The molecule has 0 aromatic carbocycles. The summed E-state index contributed by atoms with van der Waals surface area (Å²) in [7, 11) is -6.87. The van der Waals surface area contributed by atoms with Crippen LogP contribution < -0.4 is 0 Å². The van der Waals surface area contributed by atoms with Gasteiger partial charge in [0.15, 0.2) is 16.6 Å². The molecule has 0 aliphatic rings. The van der Waals surface area contributed by atoms with Crippen molar-refractivity contribution in [2.45, 2.75) is 83.9 Å². The maximum Gasteiger partial charge on any atom is 0.481 e. The monoisotopic (exact) mass is 348 g/mol. The minimum atomic E-state index is -3.14. The Hall–Kier alpha value is 0.271. The maximum atomic E-state index is 11.2. The smallest absolute Gasteiger partial charge is 0.415 e. The molecule has 0 unspecified atom stereocenters. The Morgan fingerprint density at radius 3 is 1.24 bits per heavy atom. The highest BCUT2D eigenvalue weighted by atomic mass is 28.5. The van der Waals surface area contributed by atoms with Gasteiger partial charge in [-0.3, -0.25) is 0 Å². The number of hydrogen-bond donors (Lipinski definition) is 1.